The van der Waals surface area contributed by atoms with Crippen LogP contribution in [0.15, 0.2) is 29.2 Å². The second-order valence-electron chi connectivity index (χ2n) is 4.16. The summed E-state index contributed by atoms with van der Waals surface area (Å²) in [6, 6.07) is 6.63. The van der Waals surface area contributed by atoms with Crippen LogP contribution in [0.25, 0.3) is 11.0 Å². The van der Waals surface area contributed by atoms with E-state index in [4.69, 9.17) is 0 Å². The fraction of sp³-hybridized carbons (Fsp3) is 0.182. The van der Waals surface area contributed by atoms with Crippen LogP contribution < -0.4 is 0 Å². The molecule has 0 atom stereocenters. The molecule has 2 heterocycles. The van der Waals surface area contributed by atoms with Gasteiger partial charge in [0.25, 0.3) is 10.0 Å². The molecule has 3 rings (SSSR count). The van der Waals surface area contributed by atoms with E-state index in [0.717, 1.165) is 15.8 Å². The fourth-order valence-electron chi connectivity index (χ4n) is 1.93. The minimum atomic E-state index is -3.74. The summed E-state index contributed by atoms with van der Waals surface area (Å²) in [6.07, 6.45) is 0. The second kappa shape index (κ2) is 4.10. The lowest BCUT2D eigenvalue weighted by molar-refractivity contribution is 0.578. The normalized spacial score (nSPS) is 12.1. The smallest absolute Gasteiger partial charge is 0.199 e. The zero-order valence-corrected chi connectivity index (χ0v) is 11.9. The number of aromatic nitrogens is 4. The molecule has 0 spiro atoms. The van der Waals surface area contributed by atoms with Gasteiger partial charge in [-0.2, -0.15) is 26.4 Å². The van der Waals surface area contributed by atoms with Crippen molar-refractivity contribution in [3.05, 3.63) is 35.7 Å². The summed E-state index contributed by atoms with van der Waals surface area (Å²) in [4.78, 5) is 0.130. The Hall–Kier alpha value is -1.80. The molecule has 0 saturated carbocycles. The number of aryl methyl sites for hydroxylation is 2. The number of benzene rings is 1. The molecule has 0 bridgehead atoms. The third-order valence-electron chi connectivity index (χ3n) is 2.72. The van der Waals surface area contributed by atoms with Crippen LogP contribution in [-0.4, -0.2) is 26.4 Å². The summed E-state index contributed by atoms with van der Waals surface area (Å²) in [6.45, 7) is 3.46. The maximum atomic E-state index is 12.6. The van der Waals surface area contributed by atoms with E-state index in [0.29, 0.717) is 22.4 Å². The quantitative estimate of drug-likeness (QED) is 0.719. The summed E-state index contributed by atoms with van der Waals surface area (Å²) < 4.78 is 34.4. The molecule has 0 fully saturated rings. The molecule has 19 heavy (non-hydrogen) atoms. The van der Waals surface area contributed by atoms with Crippen LogP contribution in [0.4, 0.5) is 0 Å². The van der Waals surface area contributed by atoms with Gasteiger partial charge in [0.1, 0.15) is 15.9 Å². The number of fused-ring (bicyclic) bond motifs is 1. The Labute approximate surface area is 114 Å². The van der Waals surface area contributed by atoms with E-state index in [2.05, 4.69) is 13.8 Å². The molecule has 98 valence electrons. The van der Waals surface area contributed by atoms with E-state index >= 15 is 0 Å². The maximum absolute atomic E-state index is 12.6. The van der Waals surface area contributed by atoms with E-state index < -0.39 is 10.0 Å². The van der Waals surface area contributed by atoms with Crippen LogP contribution in [0.2, 0.25) is 0 Å². The topological polar surface area (TPSA) is 77.7 Å². The van der Waals surface area contributed by atoms with Gasteiger partial charge in [0.2, 0.25) is 0 Å². The van der Waals surface area contributed by atoms with Gasteiger partial charge in [-0.05, 0) is 32.0 Å². The van der Waals surface area contributed by atoms with Crippen molar-refractivity contribution in [1.29, 1.82) is 0 Å². The van der Waals surface area contributed by atoms with Crippen molar-refractivity contribution in [2.24, 2.45) is 0 Å². The fourth-order valence-corrected chi connectivity index (χ4v) is 4.04. The van der Waals surface area contributed by atoms with Gasteiger partial charge >= 0.3 is 0 Å². The first-order valence-electron chi connectivity index (χ1n) is 5.50. The maximum Gasteiger partial charge on any atom is 0.285 e. The van der Waals surface area contributed by atoms with E-state index in [1.165, 1.54) is 6.07 Å². The van der Waals surface area contributed by atoms with Crippen LogP contribution in [0.5, 0.6) is 0 Å². The molecule has 0 N–H and O–H groups in total. The molecule has 0 amide bonds. The minimum absolute atomic E-state index is 0.130. The molecule has 3 aromatic rings. The first-order valence-corrected chi connectivity index (χ1v) is 7.67. The highest BCUT2D eigenvalue weighted by Gasteiger charge is 2.24. The molecule has 6 nitrogen and oxygen atoms in total. The van der Waals surface area contributed by atoms with Gasteiger partial charge in [0.15, 0.2) is 0 Å². The van der Waals surface area contributed by atoms with Gasteiger partial charge < -0.3 is 0 Å². The summed E-state index contributed by atoms with van der Waals surface area (Å²) in [5.41, 5.74) is 2.19. The molecule has 0 aliphatic carbocycles. The molecular weight excluding hydrogens is 284 g/mol. The standard InChI is InChI=1S/C11H10N4O2S2/c1-7-6-8(2)15(12-7)19(16,17)10-5-3-4-9-11(10)14-18-13-9/h3-6H,1-2H3. The molecular formula is C11H10N4O2S2. The number of nitrogens with zero attached hydrogens (tertiary/aromatic N) is 4. The van der Waals surface area contributed by atoms with Crippen molar-refractivity contribution in [1.82, 2.24) is 17.9 Å². The van der Waals surface area contributed by atoms with E-state index in [-0.39, 0.29) is 4.90 Å². The Morgan fingerprint density at radius 2 is 2.00 bits per heavy atom. The average Bonchev–Trinajstić information content (AvgIpc) is 2.94. The Morgan fingerprint density at radius 1 is 1.21 bits per heavy atom. The zero-order chi connectivity index (χ0) is 13.6. The van der Waals surface area contributed by atoms with Crippen LogP contribution in [0.3, 0.4) is 0 Å². The molecule has 0 unspecified atom stereocenters. The van der Waals surface area contributed by atoms with Gasteiger partial charge in [-0.25, -0.2) is 0 Å². The van der Waals surface area contributed by atoms with Crippen molar-refractivity contribution in [2.45, 2.75) is 18.7 Å². The van der Waals surface area contributed by atoms with Gasteiger partial charge in [-0.15, -0.1) is 0 Å². The first-order chi connectivity index (χ1) is 9.00. The highest BCUT2D eigenvalue weighted by atomic mass is 32.2. The number of hydrogen-bond acceptors (Lipinski definition) is 6. The molecule has 8 heteroatoms. The van der Waals surface area contributed by atoms with E-state index in [9.17, 15) is 8.42 Å². The van der Waals surface area contributed by atoms with Crippen molar-refractivity contribution in [2.75, 3.05) is 0 Å². The van der Waals surface area contributed by atoms with Gasteiger partial charge in [-0.1, -0.05) is 6.07 Å². The van der Waals surface area contributed by atoms with Crippen molar-refractivity contribution >= 4 is 32.8 Å². The van der Waals surface area contributed by atoms with Gasteiger partial charge in [0.05, 0.1) is 23.1 Å². The van der Waals surface area contributed by atoms with Gasteiger partial charge in [0, 0.05) is 0 Å². The minimum Gasteiger partial charge on any atom is -0.199 e. The second-order valence-corrected chi connectivity index (χ2v) is 6.43. The lowest BCUT2D eigenvalue weighted by atomic mass is 10.3. The Kier molecular flexibility index (Phi) is 2.64. The van der Waals surface area contributed by atoms with E-state index in [1.54, 1.807) is 32.0 Å². The van der Waals surface area contributed by atoms with Crippen molar-refractivity contribution < 1.29 is 8.42 Å². The largest absolute Gasteiger partial charge is 0.285 e. The summed E-state index contributed by atoms with van der Waals surface area (Å²) in [5, 5.41) is 4.03. The van der Waals surface area contributed by atoms with Crippen molar-refractivity contribution in [3.63, 3.8) is 0 Å². The molecule has 2 aromatic heterocycles. The third kappa shape index (κ3) is 1.83. The summed E-state index contributed by atoms with van der Waals surface area (Å²) in [5.74, 6) is 0. The Bertz CT molecular complexity index is 864. The van der Waals surface area contributed by atoms with Crippen LogP contribution >= 0.6 is 11.7 Å². The molecule has 1 aromatic carbocycles. The number of hydrogen-bond donors (Lipinski definition) is 0. The summed E-state index contributed by atoms with van der Waals surface area (Å²) in [7, 11) is -3.74. The zero-order valence-electron chi connectivity index (χ0n) is 10.2. The SMILES string of the molecule is Cc1cc(C)n(S(=O)(=O)c2cccc3nsnc23)n1. The monoisotopic (exact) mass is 294 g/mol. The third-order valence-corrected chi connectivity index (χ3v) is 4.98. The Morgan fingerprint density at radius 3 is 2.68 bits per heavy atom. The lowest BCUT2D eigenvalue weighted by Gasteiger charge is -2.06. The lowest BCUT2D eigenvalue weighted by Crippen LogP contribution is -2.16. The summed E-state index contributed by atoms with van der Waals surface area (Å²) >= 11 is 0.994. The van der Waals surface area contributed by atoms with Gasteiger partial charge in [-0.3, -0.25) is 0 Å². The first kappa shape index (κ1) is 12.2. The van der Waals surface area contributed by atoms with Crippen LogP contribution in [-0.2, 0) is 10.0 Å². The average molecular weight is 294 g/mol. The molecule has 0 saturated heterocycles. The van der Waals surface area contributed by atoms with Crippen molar-refractivity contribution in [3.8, 4) is 0 Å². The van der Waals surface area contributed by atoms with Crippen LogP contribution in [0.1, 0.15) is 11.4 Å². The molecule has 0 aliphatic rings. The highest BCUT2D eigenvalue weighted by Crippen LogP contribution is 2.23. The van der Waals surface area contributed by atoms with E-state index in [1.807, 2.05) is 0 Å². The Balaban J connectivity index is 2.31. The molecule has 0 radical (unpaired) electrons. The predicted octanol–water partition coefficient (Wildman–Crippen LogP) is 1.74. The highest BCUT2D eigenvalue weighted by molar-refractivity contribution is 7.90. The number of rotatable bonds is 2. The van der Waals surface area contributed by atoms with Crippen LogP contribution in [0, 0.1) is 13.8 Å². The molecule has 0 aliphatic heterocycles. The predicted molar refractivity (Wildman–Crippen MR) is 71.7 cm³/mol.